The molecule has 0 aromatic rings. The lowest BCUT2D eigenvalue weighted by atomic mass is 10.0. The van der Waals surface area contributed by atoms with Crippen LogP contribution in [0.1, 0.15) is 90.4 Å². The Morgan fingerprint density at radius 3 is 1.64 bits per heavy atom. The highest BCUT2D eigenvalue weighted by atomic mass is 31.2. The minimum atomic E-state index is -3.99. The van der Waals surface area contributed by atoms with E-state index < -0.39 is 7.60 Å². The molecule has 0 atom stereocenters. The fourth-order valence-corrected chi connectivity index (χ4v) is 2.76. The first-order valence-corrected chi connectivity index (χ1v) is 10.6. The molecule has 130 valence electrons. The average molecular weight is 330 g/mol. The van der Waals surface area contributed by atoms with Crippen molar-refractivity contribution >= 4 is 7.60 Å². The molecule has 0 bridgehead atoms. The monoisotopic (exact) mass is 330 g/mol. The lowest BCUT2D eigenvalue weighted by Gasteiger charge is -2.02. The third-order valence-corrected chi connectivity index (χ3v) is 4.31. The zero-order valence-electron chi connectivity index (χ0n) is 14.3. The van der Waals surface area contributed by atoms with E-state index in [2.05, 4.69) is 6.92 Å². The Bertz CT molecular complexity index is 331. The summed E-state index contributed by atoms with van der Waals surface area (Å²) < 4.78 is 10.6. The van der Waals surface area contributed by atoms with Crippen molar-refractivity contribution in [2.45, 2.75) is 90.4 Å². The van der Waals surface area contributed by atoms with Crippen LogP contribution in [0.15, 0.2) is 24.0 Å². The molecule has 0 spiro atoms. The molecule has 3 nitrogen and oxygen atoms in total. The van der Waals surface area contributed by atoms with Crippen molar-refractivity contribution in [3.63, 3.8) is 0 Å². The van der Waals surface area contributed by atoms with Gasteiger partial charge in [0.25, 0.3) is 0 Å². The standard InChI is InChI=1S/C18H35O3P/c1-2-3-4-5-6-7-8-9-10-11-12-13-14-15-16-17-18-22(19,20)21/h15-18H,2-14H2,1H3,(H2,19,20,21)/b16-15+,18-17+. The zero-order chi connectivity index (χ0) is 16.5. The van der Waals surface area contributed by atoms with E-state index in [1.165, 1.54) is 76.7 Å². The Labute approximate surface area is 137 Å². The van der Waals surface area contributed by atoms with Crippen molar-refractivity contribution in [1.82, 2.24) is 0 Å². The Kier molecular flexibility index (Phi) is 15.3. The van der Waals surface area contributed by atoms with Crippen molar-refractivity contribution in [2.75, 3.05) is 0 Å². The van der Waals surface area contributed by atoms with Crippen molar-refractivity contribution < 1.29 is 14.4 Å². The van der Waals surface area contributed by atoms with Crippen molar-refractivity contribution in [3.8, 4) is 0 Å². The van der Waals surface area contributed by atoms with Gasteiger partial charge in [0, 0.05) is 5.82 Å². The van der Waals surface area contributed by atoms with Gasteiger partial charge in [0.2, 0.25) is 0 Å². The molecule has 0 aromatic carbocycles. The van der Waals surface area contributed by atoms with Crippen molar-refractivity contribution in [3.05, 3.63) is 24.0 Å². The molecule has 0 rings (SSSR count). The van der Waals surface area contributed by atoms with Crippen molar-refractivity contribution in [2.24, 2.45) is 0 Å². The van der Waals surface area contributed by atoms with Gasteiger partial charge in [0.15, 0.2) is 0 Å². The first kappa shape index (κ1) is 21.6. The van der Waals surface area contributed by atoms with Gasteiger partial charge in [-0.15, -0.1) is 0 Å². The number of hydrogen-bond donors (Lipinski definition) is 2. The summed E-state index contributed by atoms with van der Waals surface area (Å²) in [6, 6.07) is 0. The molecule has 0 fully saturated rings. The number of unbranched alkanes of at least 4 members (excludes halogenated alkanes) is 12. The minimum absolute atomic E-state index is 0.936. The Balaban J connectivity index is 3.19. The molecule has 0 aromatic heterocycles. The van der Waals surface area contributed by atoms with E-state index in [0.717, 1.165) is 18.7 Å². The Hall–Kier alpha value is -0.370. The summed E-state index contributed by atoms with van der Waals surface area (Å²) in [6.45, 7) is 2.26. The van der Waals surface area contributed by atoms with Crippen LogP contribution in [0.25, 0.3) is 0 Å². The summed E-state index contributed by atoms with van der Waals surface area (Å²) in [5, 5.41) is 0. The molecule has 4 heteroatoms. The Morgan fingerprint density at radius 2 is 1.18 bits per heavy atom. The first-order valence-electron chi connectivity index (χ1n) is 8.96. The number of allylic oxidation sites excluding steroid dienone is 3. The zero-order valence-corrected chi connectivity index (χ0v) is 15.1. The summed E-state index contributed by atoms with van der Waals surface area (Å²) in [4.78, 5) is 17.2. The molecule has 0 heterocycles. The van der Waals surface area contributed by atoms with Gasteiger partial charge in [-0.05, 0) is 12.8 Å². The molecule has 0 amide bonds. The lowest BCUT2D eigenvalue weighted by molar-refractivity contribution is 0.386. The molecule has 0 aliphatic rings. The second-order valence-electron chi connectivity index (χ2n) is 6.04. The normalized spacial score (nSPS) is 12.7. The van der Waals surface area contributed by atoms with Gasteiger partial charge in [0.05, 0.1) is 0 Å². The van der Waals surface area contributed by atoms with Crippen molar-refractivity contribution in [1.29, 1.82) is 0 Å². The van der Waals surface area contributed by atoms with E-state index in [1.807, 2.05) is 6.08 Å². The van der Waals surface area contributed by atoms with Gasteiger partial charge in [-0.2, -0.15) is 0 Å². The molecule has 0 saturated carbocycles. The van der Waals surface area contributed by atoms with E-state index in [0.29, 0.717) is 0 Å². The summed E-state index contributed by atoms with van der Waals surface area (Å²) in [5.41, 5.74) is 0. The van der Waals surface area contributed by atoms with Crippen LogP contribution in [0.2, 0.25) is 0 Å². The summed E-state index contributed by atoms with van der Waals surface area (Å²) in [7, 11) is -3.99. The summed E-state index contributed by atoms with van der Waals surface area (Å²) >= 11 is 0. The van der Waals surface area contributed by atoms with E-state index in [4.69, 9.17) is 9.79 Å². The maximum absolute atomic E-state index is 10.6. The predicted molar refractivity (Wildman–Crippen MR) is 96.0 cm³/mol. The van der Waals surface area contributed by atoms with Crippen LogP contribution in [0, 0.1) is 0 Å². The lowest BCUT2D eigenvalue weighted by Crippen LogP contribution is -1.82. The SMILES string of the molecule is CCCCCCCCCCCCCC/C=C/C=C/P(=O)(O)O. The first-order chi connectivity index (χ1) is 10.6. The highest BCUT2D eigenvalue weighted by Gasteiger charge is 2.03. The number of rotatable bonds is 15. The predicted octanol–water partition coefficient (Wildman–Crippen LogP) is 6.33. The molecule has 0 saturated heterocycles. The van der Waals surface area contributed by atoms with E-state index in [9.17, 15) is 4.57 Å². The molecule has 0 unspecified atom stereocenters. The molecule has 0 aliphatic carbocycles. The van der Waals surface area contributed by atoms with Gasteiger partial charge in [0.1, 0.15) is 0 Å². The molecule has 22 heavy (non-hydrogen) atoms. The Morgan fingerprint density at radius 1 is 0.727 bits per heavy atom. The molecule has 0 radical (unpaired) electrons. The highest BCUT2D eigenvalue weighted by Crippen LogP contribution is 2.35. The van der Waals surface area contributed by atoms with Crippen LogP contribution >= 0.6 is 7.60 Å². The summed E-state index contributed by atoms with van der Waals surface area (Å²) in [5.74, 6) is 0.936. The molecule has 0 aliphatic heterocycles. The average Bonchev–Trinajstić information content (AvgIpc) is 2.45. The maximum atomic E-state index is 10.6. The van der Waals surface area contributed by atoms with Gasteiger partial charge in [-0.1, -0.05) is 95.8 Å². The topological polar surface area (TPSA) is 57.5 Å². The highest BCUT2D eigenvalue weighted by molar-refractivity contribution is 7.55. The van der Waals surface area contributed by atoms with Crippen LogP contribution in [0.3, 0.4) is 0 Å². The second kappa shape index (κ2) is 15.5. The molecular formula is C18H35O3P. The van der Waals surface area contributed by atoms with Gasteiger partial charge in [-0.25, -0.2) is 0 Å². The fourth-order valence-electron chi connectivity index (χ4n) is 2.44. The van der Waals surface area contributed by atoms with E-state index in [-0.39, 0.29) is 0 Å². The van der Waals surface area contributed by atoms with E-state index >= 15 is 0 Å². The maximum Gasteiger partial charge on any atom is 0.349 e. The van der Waals surface area contributed by atoms with Crippen LogP contribution in [0.5, 0.6) is 0 Å². The van der Waals surface area contributed by atoms with Gasteiger partial charge >= 0.3 is 7.60 Å². The third kappa shape index (κ3) is 19.6. The summed E-state index contributed by atoms with van der Waals surface area (Å²) in [6.07, 6.45) is 22.3. The third-order valence-electron chi connectivity index (χ3n) is 3.75. The van der Waals surface area contributed by atoms with E-state index in [1.54, 1.807) is 6.08 Å². The number of hydrogen-bond acceptors (Lipinski definition) is 1. The van der Waals surface area contributed by atoms with Crippen LogP contribution in [-0.4, -0.2) is 9.79 Å². The quantitative estimate of drug-likeness (QED) is 0.210. The smallest absolute Gasteiger partial charge is 0.321 e. The minimum Gasteiger partial charge on any atom is -0.321 e. The van der Waals surface area contributed by atoms with Gasteiger partial charge < -0.3 is 9.79 Å². The molecule has 2 N–H and O–H groups in total. The molecular weight excluding hydrogens is 295 g/mol. The van der Waals surface area contributed by atoms with Gasteiger partial charge in [-0.3, -0.25) is 4.57 Å². The fraction of sp³-hybridized carbons (Fsp3) is 0.778. The van der Waals surface area contributed by atoms with Crippen LogP contribution in [-0.2, 0) is 4.57 Å². The second-order valence-corrected chi connectivity index (χ2v) is 7.51. The van der Waals surface area contributed by atoms with Crippen LogP contribution < -0.4 is 0 Å². The van der Waals surface area contributed by atoms with Crippen LogP contribution in [0.4, 0.5) is 0 Å². The largest absolute Gasteiger partial charge is 0.349 e.